The molecule has 1 N–H and O–H groups in total. The van der Waals surface area contributed by atoms with Crippen LogP contribution in [-0.4, -0.2) is 44.4 Å². The highest BCUT2D eigenvalue weighted by atomic mass is 35.5. The molecule has 1 fully saturated rings. The van der Waals surface area contributed by atoms with E-state index >= 15 is 0 Å². The SMILES string of the molecule is CNCc1cc(S(=O)(=O)N2CCCSCC2)cc(F)c1Cl. The van der Waals surface area contributed by atoms with Gasteiger partial charge in [0.15, 0.2) is 0 Å². The van der Waals surface area contributed by atoms with Crippen LogP contribution in [0, 0.1) is 5.82 Å². The molecule has 0 saturated carbocycles. The maximum absolute atomic E-state index is 13.9. The number of benzene rings is 1. The van der Waals surface area contributed by atoms with Crippen molar-refractivity contribution in [3.05, 3.63) is 28.5 Å². The van der Waals surface area contributed by atoms with Gasteiger partial charge in [-0.15, -0.1) is 0 Å². The third kappa shape index (κ3) is 3.90. The van der Waals surface area contributed by atoms with Gasteiger partial charge in [0.25, 0.3) is 0 Å². The Bertz CT molecular complexity index is 602. The van der Waals surface area contributed by atoms with Crippen LogP contribution in [0.3, 0.4) is 0 Å². The Labute approximate surface area is 134 Å². The molecule has 1 aliphatic heterocycles. The Kier molecular flexibility index (Phi) is 5.90. The molecule has 1 saturated heterocycles. The van der Waals surface area contributed by atoms with Crippen molar-refractivity contribution >= 4 is 33.4 Å². The van der Waals surface area contributed by atoms with Crippen LogP contribution in [0.4, 0.5) is 4.39 Å². The number of rotatable bonds is 4. The van der Waals surface area contributed by atoms with Crippen molar-refractivity contribution in [3.8, 4) is 0 Å². The van der Waals surface area contributed by atoms with Crippen LogP contribution < -0.4 is 5.32 Å². The number of halogens is 2. The number of hydrogen-bond donors (Lipinski definition) is 1. The van der Waals surface area contributed by atoms with E-state index in [1.54, 1.807) is 18.8 Å². The average Bonchev–Trinajstić information content (AvgIpc) is 2.73. The Hall–Kier alpha value is -0.340. The molecule has 1 aliphatic rings. The lowest BCUT2D eigenvalue weighted by Gasteiger charge is -2.20. The lowest BCUT2D eigenvalue weighted by atomic mass is 10.2. The highest BCUT2D eigenvalue weighted by Gasteiger charge is 2.27. The third-order valence-corrected chi connectivity index (χ3v) is 6.61. The summed E-state index contributed by atoms with van der Waals surface area (Å²) in [5.74, 6) is 1.01. The molecule has 0 amide bonds. The monoisotopic (exact) mass is 352 g/mol. The van der Waals surface area contributed by atoms with E-state index in [-0.39, 0.29) is 9.92 Å². The van der Waals surface area contributed by atoms with Crippen molar-refractivity contribution in [3.63, 3.8) is 0 Å². The van der Waals surface area contributed by atoms with Gasteiger partial charge in [0.2, 0.25) is 10.0 Å². The van der Waals surface area contributed by atoms with Crippen LogP contribution in [0.15, 0.2) is 17.0 Å². The van der Waals surface area contributed by atoms with Gasteiger partial charge in [0, 0.05) is 25.4 Å². The van der Waals surface area contributed by atoms with Crippen molar-refractivity contribution in [2.24, 2.45) is 0 Å². The van der Waals surface area contributed by atoms with Crippen LogP contribution in [0.1, 0.15) is 12.0 Å². The lowest BCUT2D eigenvalue weighted by Crippen LogP contribution is -2.33. The molecule has 1 aromatic rings. The highest BCUT2D eigenvalue weighted by molar-refractivity contribution is 7.99. The number of nitrogens with one attached hydrogen (secondary N) is 1. The van der Waals surface area contributed by atoms with Crippen molar-refractivity contribution < 1.29 is 12.8 Å². The summed E-state index contributed by atoms with van der Waals surface area (Å²) in [6.07, 6.45) is 0.809. The Morgan fingerprint density at radius 3 is 2.86 bits per heavy atom. The van der Waals surface area contributed by atoms with E-state index in [0.717, 1.165) is 24.0 Å². The molecular formula is C13H18ClFN2O2S2. The predicted octanol–water partition coefficient (Wildman–Crippen LogP) is 2.33. The first-order valence-electron chi connectivity index (χ1n) is 6.67. The Morgan fingerprint density at radius 2 is 2.14 bits per heavy atom. The van der Waals surface area contributed by atoms with E-state index in [0.29, 0.717) is 25.2 Å². The van der Waals surface area contributed by atoms with Gasteiger partial charge < -0.3 is 5.32 Å². The van der Waals surface area contributed by atoms with Crippen LogP contribution in [0.25, 0.3) is 0 Å². The zero-order valence-corrected chi connectivity index (χ0v) is 14.1. The second-order valence-electron chi connectivity index (χ2n) is 4.78. The minimum absolute atomic E-state index is 0.0263. The maximum atomic E-state index is 13.9. The quantitative estimate of drug-likeness (QED) is 0.903. The largest absolute Gasteiger partial charge is 0.316 e. The van der Waals surface area contributed by atoms with Crippen LogP contribution in [0.5, 0.6) is 0 Å². The normalized spacial score (nSPS) is 17.7. The fourth-order valence-corrected chi connectivity index (χ4v) is 4.92. The molecule has 0 spiro atoms. The Morgan fingerprint density at radius 1 is 1.38 bits per heavy atom. The average molecular weight is 353 g/mol. The first-order valence-corrected chi connectivity index (χ1v) is 9.64. The predicted molar refractivity (Wildman–Crippen MR) is 84.9 cm³/mol. The zero-order valence-electron chi connectivity index (χ0n) is 11.7. The van der Waals surface area contributed by atoms with Gasteiger partial charge in [0.1, 0.15) is 5.82 Å². The second kappa shape index (κ2) is 7.28. The molecule has 8 heteroatoms. The molecule has 0 aliphatic carbocycles. The van der Waals surface area contributed by atoms with E-state index in [1.165, 1.54) is 10.4 Å². The summed E-state index contributed by atoms with van der Waals surface area (Å²) in [6, 6.07) is 2.46. The minimum atomic E-state index is -3.67. The van der Waals surface area contributed by atoms with E-state index < -0.39 is 15.8 Å². The molecule has 0 atom stereocenters. The lowest BCUT2D eigenvalue weighted by molar-refractivity contribution is 0.434. The second-order valence-corrected chi connectivity index (χ2v) is 8.32. The first kappa shape index (κ1) is 17.0. The van der Waals surface area contributed by atoms with Gasteiger partial charge in [-0.2, -0.15) is 16.1 Å². The van der Waals surface area contributed by atoms with Crippen molar-refractivity contribution in [1.29, 1.82) is 0 Å². The fourth-order valence-electron chi connectivity index (χ4n) is 2.20. The maximum Gasteiger partial charge on any atom is 0.243 e. The molecule has 1 aromatic carbocycles. The number of hydrogen-bond acceptors (Lipinski definition) is 4. The molecule has 2 rings (SSSR count). The van der Waals surface area contributed by atoms with Crippen molar-refractivity contribution in [2.75, 3.05) is 31.6 Å². The van der Waals surface area contributed by atoms with Gasteiger partial charge in [-0.3, -0.25) is 0 Å². The van der Waals surface area contributed by atoms with E-state index in [9.17, 15) is 12.8 Å². The van der Waals surface area contributed by atoms with Crippen molar-refractivity contribution in [2.45, 2.75) is 17.9 Å². The molecule has 21 heavy (non-hydrogen) atoms. The molecule has 0 aromatic heterocycles. The standard InChI is InChI=1S/C13H18ClFN2O2S2/c1-16-9-10-7-11(8-12(15)13(10)14)21(18,19)17-3-2-5-20-6-4-17/h7-8,16H,2-6,9H2,1H3. The van der Waals surface area contributed by atoms with E-state index in [4.69, 9.17) is 11.6 Å². The number of thioether (sulfide) groups is 1. The van der Waals surface area contributed by atoms with Gasteiger partial charge in [0.05, 0.1) is 9.92 Å². The summed E-state index contributed by atoms with van der Waals surface area (Å²) in [5, 5.41) is 2.82. The third-order valence-electron chi connectivity index (χ3n) is 3.26. The van der Waals surface area contributed by atoms with Gasteiger partial charge in [-0.25, -0.2) is 12.8 Å². The van der Waals surface area contributed by atoms with Crippen LogP contribution >= 0.6 is 23.4 Å². The molecular weight excluding hydrogens is 335 g/mol. The topological polar surface area (TPSA) is 49.4 Å². The summed E-state index contributed by atoms with van der Waals surface area (Å²) in [7, 11) is -1.98. The first-order chi connectivity index (χ1) is 9.96. The minimum Gasteiger partial charge on any atom is -0.316 e. The van der Waals surface area contributed by atoms with Crippen LogP contribution in [0.2, 0.25) is 5.02 Å². The summed E-state index contributed by atoms with van der Waals surface area (Å²) < 4.78 is 40.6. The van der Waals surface area contributed by atoms with E-state index in [1.807, 2.05) is 0 Å². The van der Waals surface area contributed by atoms with Crippen LogP contribution in [-0.2, 0) is 16.6 Å². The van der Waals surface area contributed by atoms with Crippen molar-refractivity contribution in [1.82, 2.24) is 9.62 Å². The summed E-state index contributed by atoms with van der Waals surface area (Å²) in [5.41, 5.74) is 0.446. The number of sulfonamides is 1. The molecule has 4 nitrogen and oxygen atoms in total. The highest BCUT2D eigenvalue weighted by Crippen LogP contribution is 2.27. The Balaban J connectivity index is 2.39. The summed E-state index contributed by atoms with van der Waals surface area (Å²) >= 11 is 7.62. The summed E-state index contributed by atoms with van der Waals surface area (Å²) in [4.78, 5) is -0.0263. The zero-order chi connectivity index (χ0) is 15.5. The van der Waals surface area contributed by atoms with Gasteiger partial charge in [-0.1, -0.05) is 11.6 Å². The van der Waals surface area contributed by atoms with Gasteiger partial charge in [-0.05, 0) is 36.9 Å². The smallest absolute Gasteiger partial charge is 0.243 e. The molecule has 0 unspecified atom stereocenters. The molecule has 0 bridgehead atoms. The van der Waals surface area contributed by atoms with E-state index in [2.05, 4.69) is 5.32 Å². The summed E-state index contributed by atoms with van der Waals surface area (Å²) in [6.45, 7) is 1.24. The number of nitrogens with zero attached hydrogens (tertiary/aromatic N) is 1. The fraction of sp³-hybridized carbons (Fsp3) is 0.538. The molecule has 0 radical (unpaired) electrons. The molecule has 118 valence electrons. The molecule has 1 heterocycles. The van der Waals surface area contributed by atoms with Gasteiger partial charge >= 0.3 is 0 Å².